The molecule has 3 heterocycles. The van der Waals surface area contributed by atoms with Gasteiger partial charge in [0.05, 0.1) is 30.0 Å². The van der Waals surface area contributed by atoms with Gasteiger partial charge >= 0.3 is 0 Å². The summed E-state index contributed by atoms with van der Waals surface area (Å²) in [5, 5.41) is 19.6. The summed E-state index contributed by atoms with van der Waals surface area (Å²) in [5.74, 6) is 1.30. The number of nitriles is 1. The topological polar surface area (TPSA) is 160 Å². The lowest BCUT2D eigenvalue weighted by Crippen LogP contribution is -2.74. The van der Waals surface area contributed by atoms with Crippen LogP contribution in [0, 0.1) is 22.2 Å². The molecule has 1 atom stereocenters. The molecule has 0 radical (unpaired) electrons. The van der Waals surface area contributed by atoms with E-state index >= 15 is 0 Å². The zero-order chi connectivity index (χ0) is 42.2. The van der Waals surface area contributed by atoms with Gasteiger partial charge in [-0.2, -0.15) is 10.4 Å². The van der Waals surface area contributed by atoms with E-state index < -0.39 is 6.04 Å². The number of allylic oxidation sites excluding steroid dienone is 1. The highest BCUT2D eigenvalue weighted by atomic mass is 35.5. The molecule has 2 amide bonds. The van der Waals surface area contributed by atoms with Crippen LogP contribution < -0.4 is 30.4 Å². The van der Waals surface area contributed by atoms with Crippen LogP contribution in [0.25, 0.3) is 0 Å². The van der Waals surface area contributed by atoms with Crippen molar-refractivity contribution in [2.24, 2.45) is 10.8 Å². The van der Waals surface area contributed by atoms with Gasteiger partial charge in [-0.25, -0.2) is 4.68 Å². The zero-order valence-corrected chi connectivity index (χ0v) is 35.3. The zero-order valence-electron chi connectivity index (χ0n) is 34.5. The predicted molar refractivity (Wildman–Crippen MR) is 224 cm³/mol. The number of hydrogen-bond acceptors (Lipinski definition) is 11. The van der Waals surface area contributed by atoms with E-state index in [0.717, 1.165) is 52.1 Å². The maximum atomic E-state index is 13.3. The van der Waals surface area contributed by atoms with Gasteiger partial charge in [-0.15, -0.1) is 0 Å². The largest absolute Gasteiger partial charge is 0.494 e. The smallest absolute Gasteiger partial charge is 0.271 e. The van der Waals surface area contributed by atoms with Gasteiger partial charge in [0.2, 0.25) is 5.91 Å². The molecule has 6 rings (SSSR count). The number of amides is 2. The van der Waals surface area contributed by atoms with Crippen LogP contribution in [-0.4, -0.2) is 109 Å². The van der Waals surface area contributed by atoms with Gasteiger partial charge in [0, 0.05) is 86.1 Å². The molecule has 59 heavy (non-hydrogen) atoms. The highest BCUT2D eigenvalue weighted by Crippen LogP contribution is 2.55. The van der Waals surface area contributed by atoms with E-state index in [9.17, 15) is 19.6 Å². The average Bonchev–Trinajstić information content (AvgIpc) is 3.21. The molecule has 2 saturated heterocycles. The fourth-order valence-corrected chi connectivity index (χ4v) is 8.76. The van der Waals surface area contributed by atoms with Gasteiger partial charge in [0.15, 0.2) is 0 Å². The molecule has 3 fully saturated rings. The van der Waals surface area contributed by atoms with Crippen LogP contribution in [-0.2, 0) is 9.53 Å². The van der Waals surface area contributed by atoms with Crippen LogP contribution in [0.1, 0.15) is 75.3 Å². The monoisotopic (exact) mass is 829 g/mol. The summed E-state index contributed by atoms with van der Waals surface area (Å²) in [6.45, 7) is 19.8. The van der Waals surface area contributed by atoms with E-state index in [4.69, 9.17) is 30.5 Å². The van der Waals surface area contributed by atoms with E-state index in [1.807, 2.05) is 12.1 Å². The van der Waals surface area contributed by atoms with Crippen molar-refractivity contribution in [2.45, 2.75) is 71.6 Å². The number of unbranched alkanes of at least 4 members (excludes halogenated alkanes) is 1. The molecule has 316 valence electrons. The molecule has 0 bridgehead atoms. The molecule has 0 spiro atoms. The van der Waals surface area contributed by atoms with E-state index in [1.54, 1.807) is 30.3 Å². The first-order chi connectivity index (χ1) is 28.3. The standard InChI is InChI=1S/C44H56ClN7O7/c1-30-8-15-37(40(55)48-30)52-38(53)27-35(29-47-52)58-25-21-51-18-16-50(17-19-51)20-24-56-22-6-7-23-57-33-12-9-31(10-13-33)39(54)49-41-43(2,3)42(44(41,4)5)59-34-14-11-32(28-46)36(45)26-34/h9-14,26-27,29,37,41-42H,1,6-8,15-25H2,2-5H3,(H,48,55)(H,49,54)/t37?,41-,42-. The summed E-state index contributed by atoms with van der Waals surface area (Å²) < 4.78 is 25.2. The van der Waals surface area contributed by atoms with Crippen molar-refractivity contribution in [3.63, 3.8) is 0 Å². The quantitative estimate of drug-likeness (QED) is 0.162. The molecular weight excluding hydrogens is 774 g/mol. The molecule has 1 aliphatic carbocycles. The number of benzene rings is 2. The van der Waals surface area contributed by atoms with E-state index in [2.05, 4.69) is 65.9 Å². The second kappa shape index (κ2) is 19.4. The van der Waals surface area contributed by atoms with Crippen LogP contribution >= 0.6 is 11.6 Å². The van der Waals surface area contributed by atoms with Crippen molar-refractivity contribution in [1.82, 2.24) is 30.2 Å². The first kappa shape index (κ1) is 43.6. The third-order valence-electron chi connectivity index (χ3n) is 11.6. The fraction of sp³-hybridized carbons (Fsp3) is 0.523. The Bertz CT molecular complexity index is 2040. The molecule has 14 nitrogen and oxygen atoms in total. The van der Waals surface area contributed by atoms with Gasteiger partial charge in [-0.05, 0) is 62.1 Å². The Labute approximate surface area is 351 Å². The number of carbonyl (C=O) groups excluding carboxylic acids is 2. The number of rotatable bonds is 18. The lowest BCUT2D eigenvalue weighted by Gasteiger charge is -2.63. The van der Waals surface area contributed by atoms with Crippen molar-refractivity contribution in [2.75, 3.05) is 65.7 Å². The number of piperazine rings is 1. The van der Waals surface area contributed by atoms with Crippen molar-refractivity contribution in [1.29, 1.82) is 5.26 Å². The molecule has 3 aromatic rings. The number of carbonyl (C=O) groups is 2. The second-order valence-corrected chi connectivity index (χ2v) is 17.1. The van der Waals surface area contributed by atoms with Crippen LogP contribution in [0.4, 0.5) is 0 Å². The maximum Gasteiger partial charge on any atom is 0.271 e. The number of nitrogens with one attached hydrogen (secondary N) is 2. The van der Waals surface area contributed by atoms with Crippen LogP contribution in [0.2, 0.25) is 5.02 Å². The molecule has 15 heteroatoms. The van der Waals surface area contributed by atoms with Gasteiger partial charge in [0.25, 0.3) is 11.5 Å². The second-order valence-electron chi connectivity index (χ2n) is 16.6. The molecule has 1 aromatic heterocycles. The Balaban J connectivity index is 0.798. The predicted octanol–water partition coefficient (Wildman–Crippen LogP) is 5.22. The third kappa shape index (κ3) is 10.8. The molecule has 2 aliphatic heterocycles. The maximum absolute atomic E-state index is 13.3. The summed E-state index contributed by atoms with van der Waals surface area (Å²) in [6, 6.07) is 15.0. The fourth-order valence-electron chi connectivity index (χ4n) is 8.54. The highest BCUT2D eigenvalue weighted by molar-refractivity contribution is 6.31. The Morgan fingerprint density at radius 2 is 1.56 bits per heavy atom. The lowest BCUT2D eigenvalue weighted by atomic mass is 9.49. The van der Waals surface area contributed by atoms with Gasteiger partial charge in [-0.3, -0.25) is 24.2 Å². The van der Waals surface area contributed by atoms with Gasteiger partial charge in [-0.1, -0.05) is 45.9 Å². The number of piperidine rings is 1. The molecule has 3 aliphatic rings. The minimum absolute atomic E-state index is 0.131. The number of hydrogen-bond donors (Lipinski definition) is 2. The summed E-state index contributed by atoms with van der Waals surface area (Å²) >= 11 is 6.23. The highest BCUT2D eigenvalue weighted by Gasteiger charge is 2.64. The van der Waals surface area contributed by atoms with Crippen molar-refractivity contribution < 1.29 is 28.5 Å². The van der Waals surface area contributed by atoms with Crippen molar-refractivity contribution >= 4 is 23.4 Å². The van der Waals surface area contributed by atoms with Gasteiger partial charge < -0.3 is 29.6 Å². The summed E-state index contributed by atoms with van der Waals surface area (Å²) in [4.78, 5) is 42.9. The molecule has 2 aromatic carbocycles. The molecule has 1 unspecified atom stereocenters. The number of aromatic nitrogens is 2. The first-order valence-corrected chi connectivity index (χ1v) is 20.8. The minimum atomic E-state index is -0.633. The SMILES string of the molecule is C=C1CCC(n2ncc(OCCN3CCN(CCOCCCCOc4ccc(C(=O)N[C@H]5C(C)(C)[C@H](Oc6ccc(C#N)c(Cl)c6)C5(C)C)cc4)CC3)cc2=O)C(=O)N1. The Hall–Kier alpha value is -4.94. The lowest BCUT2D eigenvalue weighted by molar-refractivity contribution is -0.164. The third-order valence-corrected chi connectivity index (χ3v) is 11.9. The van der Waals surface area contributed by atoms with Crippen molar-refractivity contribution in [3.05, 3.63) is 93.5 Å². The molecule has 2 N–H and O–H groups in total. The summed E-state index contributed by atoms with van der Waals surface area (Å²) in [6.07, 6.45) is 4.17. The van der Waals surface area contributed by atoms with Crippen LogP contribution in [0.3, 0.4) is 0 Å². The summed E-state index contributed by atoms with van der Waals surface area (Å²) in [5.41, 5.74) is 0.550. The molecular formula is C44H56ClN7O7. The summed E-state index contributed by atoms with van der Waals surface area (Å²) in [7, 11) is 0. The van der Waals surface area contributed by atoms with Crippen molar-refractivity contribution in [3.8, 4) is 23.3 Å². The van der Waals surface area contributed by atoms with Gasteiger partial charge in [0.1, 0.15) is 42.1 Å². The minimum Gasteiger partial charge on any atom is -0.494 e. The Morgan fingerprint density at radius 1 is 0.915 bits per heavy atom. The number of halogens is 1. The first-order valence-electron chi connectivity index (χ1n) is 20.4. The Kier molecular flexibility index (Phi) is 14.4. The Morgan fingerprint density at radius 3 is 2.20 bits per heavy atom. The molecule has 1 saturated carbocycles. The average molecular weight is 830 g/mol. The number of ether oxygens (including phenoxy) is 4. The number of nitrogens with zero attached hydrogens (tertiary/aromatic N) is 5. The van der Waals surface area contributed by atoms with E-state index in [1.165, 1.54) is 16.9 Å². The van der Waals surface area contributed by atoms with Crippen LogP contribution in [0.15, 0.2) is 71.8 Å². The normalized spacial score (nSPS) is 21.5. The van der Waals surface area contributed by atoms with E-state index in [0.29, 0.717) is 78.4 Å². The van der Waals surface area contributed by atoms with Crippen LogP contribution in [0.5, 0.6) is 17.2 Å². The van der Waals surface area contributed by atoms with E-state index in [-0.39, 0.29) is 40.3 Å².